The van der Waals surface area contributed by atoms with Gasteiger partial charge in [-0.05, 0) is 55.8 Å². The van der Waals surface area contributed by atoms with E-state index in [0.29, 0.717) is 17.9 Å². The van der Waals surface area contributed by atoms with Crippen molar-refractivity contribution in [1.82, 2.24) is 4.90 Å². The molecule has 2 unspecified atom stereocenters. The Morgan fingerprint density at radius 3 is 2.43 bits per heavy atom. The van der Waals surface area contributed by atoms with Crippen molar-refractivity contribution >= 4 is 21.8 Å². The predicted molar refractivity (Wildman–Crippen MR) is 87.5 cm³/mol. The molecule has 0 radical (unpaired) electrons. The Bertz CT molecular complexity index is 398. The van der Waals surface area contributed by atoms with E-state index in [4.69, 9.17) is 4.74 Å². The molecule has 0 saturated heterocycles. The van der Waals surface area contributed by atoms with Crippen LogP contribution in [0.5, 0.6) is 0 Å². The van der Waals surface area contributed by atoms with Crippen LogP contribution in [0.3, 0.4) is 0 Å². The smallest absolute Gasteiger partial charge is 0.228 e. The number of carbonyl (C=O) groups is 1. The van der Waals surface area contributed by atoms with Crippen LogP contribution in [0.2, 0.25) is 0 Å². The molecule has 0 aromatic carbocycles. The molecule has 4 heteroatoms. The molecule has 21 heavy (non-hydrogen) atoms. The number of amides is 1. The van der Waals surface area contributed by atoms with Gasteiger partial charge in [0.15, 0.2) is 0 Å². The highest BCUT2D eigenvalue weighted by Gasteiger charge is 2.59. The van der Waals surface area contributed by atoms with E-state index in [9.17, 15) is 4.79 Å². The Balaban J connectivity index is 1.79. The molecule has 4 fully saturated rings. The zero-order valence-corrected chi connectivity index (χ0v) is 15.0. The van der Waals surface area contributed by atoms with Crippen LogP contribution in [0.4, 0.5) is 0 Å². The lowest BCUT2D eigenvalue weighted by atomic mass is 9.44. The fourth-order valence-corrected chi connectivity index (χ4v) is 6.35. The number of methoxy groups -OCH3 is 1. The lowest BCUT2D eigenvalue weighted by molar-refractivity contribution is -0.166. The van der Waals surface area contributed by atoms with Gasteiger partial charge in [0.2, 0.25) is 5.91 Å². The molecular weight excluding hydrogens is 330 g/mol. The second-order valence-electron chi connectivity index (χ2n) is 8.03. The Kier molecular flexibility index (Phi) is 4.39. The molecule has 4 aliphatic rings. The van der Waals surface area contributed by atoms with Gasteiger partial charge in [0.1, 0.15) is 0 Å². The first-order chi connectivity index (χ1) is 10.0. The fraction of sp³-hybridized carbons (Fsp3) is 0.941. The van der Waals surface area contributed by atoms with Gasteiger partial charge in [-0.15, -0.1) is 0 Å². The SMILES string of the molecule is COCCN(CCBr)C(=O)C12CC3CC(CC(C)(C3)C1)C2. The molecule has 3 nitrogen and oxygen atoms in total. The number of nitrogens with zero attached hydrogens (tertiary/aromatic N) is 1. The number of alkyl halides is 1. The minimum Gasteiger partial charge on any atom is -0.383 e. The van der Waals surface area contributed by atoms with E-state index in [1.807, 2.05) is 0 Å². The Morgan fingerprint density at radius 2 is 1.90 bits per heavy atom. The minimum atomic E-state index is -0.0469. The van der Waals surface area contributed by atoms with Gasteiger partial charge in [0.25, 0.3) is 0 Å². The zero-order chi connectivity index (χ0) is 15.1. The molecular formula is C17H28BrNO2. The number of hydrogen-bond acceptors (Lipinski definition) is 2. The summed E-state index contributed by atoms with van der Waals surface area (Å²) in [6.07, 6.45) is 7.50. The van der Waals surface area contributed by atoms with Crippen molar-refractivity contribution in [3.05, 3.63) is 0 Å². The van der Waals surface area contributed by atoms with Gasteiger partial charge in [0, 0.05) is 25.5 Å². The normalized spacial score (nSPS) is 40.5. The van der Waals surface area contributed by atoms with Gasteiger partial charge in [-0.1, -0.05) is 22.9 Å². The molecule has 120 valence electrons. The van der Waals surface area contributed by atoms with Crippen molar-refractivity contribution in [2.45, 2.75) is 45.4 Å². The summed E-state index contributed by atoms with van der Waals surface area (Å²) >= 11 is 3.50. The van der Waals surface area contributed by atoms with Crippen LogP contribution in [0, 0.1) is 22.7 Å². The van der Waals surface area contributed by atoms with Gasteiger partial charge in [-0.3, -0.25) is 4.79 Å². The molecule has 1 amide bonds. The van der Waals surface area contributed by atoms with Gasteiger partial charge in [0.05, 0.1) is 12.0 Å². The highest BCUT2D eigenvalue weighted by molar-refractivity contribution is 9.09. The highest BCUT2D eigenvalue weighted by Crippen LogP contribution is 2.65. The molecule has 0 N–H and O–H groups in total. The first-order valence-electron chi connectivity index (χ1n) is 8.35. The van der Waals surface area contributed by atoms with Gasteiger partial charge < -0.3 is 9.64 Å². The topological polar surface area (TPSA) is 29.5 Å². The number of carbonyl (C=O) groups excluding carboxylic acids is 1. The van der Waals surface area contributed by atoms with Crippen molar-refractivity contribution in [1.29, 1.82) is 0 Å². The third-order valence-corrected chi connectivity index (χ3v) is 6.37. The maximum Gasteiger partial charge on any atom is 0.228 e. The monoisotopic (exact) mass is 357 g/mol. The average molecular weight is 358 g/mol. The first-order valence-corrected chi connectivity index (χ1v) is 9.47. The fourth-order valence-electron chi connectivity index (χ4n) is 5.92. The predicted octanol–water partition coefficient (Wildman–Crippen LogP) is 3.46. The third kappa shape index (κ3) is 2.90. The zero-order valence-electron chi connectivity index (χ0n) is 13.4. The van der Waals surface area contributed by atoms with Crippen molar-refractivity contribution < 1.29 is 9.53 Å². The minimum absolute atomic E-state index is 0.0469. The van der Waals surface area contributed by atoms with E-state index in [0.717, 1.165) is 49.5 Å². The van der Waals surface area contributed by atoms with Crippen molar-refractivity contribution in [2.75, 3.05) is 32.1 Å². The summed E-state index contributed by atoms with van der Waals surface area (Å²) in [5.41, 5.74) is 0.385. The van der Waals surface area contributed by atoms with E-state index in [1.54, 1.807) is 7.11 Å². The summed E-state index contributed by atoms with van der Waals surface area (Å²) < 4.78 is 5.20. The van der Waals surface area contributed by atoms with Crippen LogP contribution < -0.4 is 0 Å². The van der Waals surface area contributed by atoms with E-state index < -0.39 is 0 Å². The molecule has 0 heterocycles. The standard InChI is InChI=1S/C17H28BrNO2/c1-16-8-13-7-14(9-16)11-17(10-13,12-16)15(20)19(4-3-18)5-6-21-2/h13-14H,3-12H2,1-2H3. The number of rotatable bonds is 6. The molecule has 0 spiro atoms. The molecule has 0 aliphatic heterocycles. The van der Waals surface area contributed by atoms with Crippen LogP contribution in [-0.2, 0) is 9.53 Å². The number of hydrogen-bond donors (Lipinski definition) is 0. The first kappa shape index (κ1) is 15.8. The number of ether oxygens (including phenoxy) is 1. The summed E-state index contributed by atoms with van der Waals surface area (Å²) in [7, 11) is 1.71. The Hall–Kier alpha value is -0.0900. The van der Waals surface area contributed by atoms with Crippen LogP contribution in [-0.4, -0.2) is 42.9 Å². The highest BCUT2D eigenvalue weighted by atomic mass is 79.9. The maximum atomic E-state index is 13.3. The average Bonchev–Trinajstić information content (AvgIpc) is 2.40. The second-order valence-corrected chi connectivity index (χ2v) is 8.82. The number of halogens is 1. The largest absolute Gasteiger partial charge is 0.383 e. The van der Waals surface area contributed by atoms with E-state index in [2.05, 4.69) is 27.8 Å². The quantitative estimate of drug-likeness (QED) is 0.681. The molecule has 4 saturated carbocycles. The van der Waals surface area contributed by atoms with Crippen molar-refractivity contribution in [3.63, 3.8) is 0 Å². The van der Waals surface area contributed by atoms with Gasteiger partial charge in [-0.25, -0.2) is 0 Å². The molecule has 4 aliphatic carbocycles. The molecule has 0 aromatic heterocycles. The summed E-state index contributed by atoms with van der Waals surface area (Å²) in [5.74, 6) is 2.02. The van der Waals surface area contributed by atoms with Crippen LogP contribution >= 0.6 is 15.9 Å². The van der Waals surface area contributed by atoms with Gasteiger partial charge in [-0.2, -0.15) is 0 Å². The van der Waals surface area contributed by atoms with Crippen LogP contribution in [0.25, 0.3) is 0 Å². The van der Waals surface area contributed by atoms with Crippen LogP contribution in [0.15, 0.2) is 0 Å². The third-order valence-electron chi connectivity index (χ3n) is 6.01. The second kappa shape index (κ2) is 5.84. The lowest BCUT2D eigenvalue weighted by Crippen LogP contribution is -2.58. The molecule has 0 aromatic rings. The Labute approximate surface area is 136 Å². The van der Waals surface area contributed by atoms with Crippen molar-refractivity contribution in [2.24, 2.45) is 22.7 Å². The summed E-state index contributed by atoms with van der Waals surface area (Å²) in [6, 6.07) is 0. The van der Waals surface area contributed by atoms with E-state index in [1.165, 1.54) is 19.3 Å². The van der Waals surface area contributed by atoms with E-state index >= 15 is 0 Å². The summed E-state index contributed by atoms with van der Waals surface area (Å²) in [6.45, 7) is 4.60. The summed E-state index contributed by atoms with van der Waals surface area (Å²) in [5, 5.41) is 0.850. The van der Waals surface area contributed by atoms with E-state index in [-0.39, 0.29) is 5.41 Å². The Morgan fingerprint density at radius 1 is 1.24 bits per heavy atom. The molecule has 4 rings (SSSR count). The lowest BCUT2D eigenvalue weighted by Gasteiger charge is -2.61. The van der Waals surface area contributed by atoms with Crippen LogP contribution in [0.1, 0.15) is 45.4 Å². The summed E-state index contributed by atoms with van der Waals surface area (Å²) in [4.78, 5) is 15.3. The van der Waals surface area contributed by atoms with Crippen molar-refractivity contribution in [3.8, 4) is 0 Å². The maximum absolute atomic E-state index is 13.3. The molecule has 4 bridgehead atoms. The molecule has 2 atom stereocenters. The van der Waals surface area contributed by atoms with Gasteiger partial charge >= 0.3 is 0 Å².